The van der Waals surface area contributed by atoms with Gasteiger partial charge in [0.2, 0.25) is 6.41 Å². The minimum atomic E-state index is -1.04. The number of amides is 1. The van der Waals surface area contributed by atoms with Crippen LogP contribution >= 0.6 is 11.6 Å². The Hall–Kier alpha value is -3.24. The highest BCUT2D eigenvalue weighted by molar-refractivity contribution is 6.30. The predicted molar refractivity (Wildman–Crippen MR) is 117 cm³/mol. The number of carbonyl (C=O) groups is 2. The third-order valence-corrected chi connectivity index (χ3v) is 4.83. The van der Waals surface area contributed by atoms with Gasteiger partial charge in [0.15, 0.2) is 5.60 Å². The lowest BCUT2D eigenvalue weighted by atomic mass is 9.79. The van der Waals surface area contributed by atoms with E-state index in [0.717, 1.165) is 25.0 Å². The van der Waals surface area contributed by atoms with Gasteiger partial charge in [0, 0.05) is 23.2 Å². The molecule has 1 aromatic carbocycles. The number of carbonyl (C=O) groups excluding carboxylic acids is 1. The molecule has 2 atom stereocenters. The maximum absolute atomic E-state index is 9.54. The van der Waals surface area contributed by atoms with E-state index in [1.54, 1.807) is 12.3 Å². The summed E-state index contributed by atoms with van der Waals surface area (Å²) < 4.78 is 6.31. The Balaban J connectivity index is 0.000000423. The van der Waals surface area contributed by atoms with Crippen molar-refractivity contribution in [2.45, 2.75) is 38.2 Å². The van der Waals surface area contributed by atoms with E-state index in [0.29, 0.717) is 22.9 Å². The van der Waals surface area contributed by atoms with Crippen molar-refractivity contribution < 1.29 is 24.5 Å². The Morgan fingerprint density at radius 1 is 1.39 bits per heavy atom. The second-order valence-electron chi connectivity index (χ2n) is 7.33. The molecule has 2 aromatic rings. The molecule has 1 aromatic heterocycles. The third-order valence-electron chi connectivity index (χ3n) is 4.58. The van der Waals surface area contributed by atoms with Gasteiger partial charge in [0.25, 0.3) is 0 Å². The van der Waals surface area contributed by atoms with Crippen molar-refractivity contribution in [3.05, 3.63) is 53.3 Å². The van der Waals surface area contributed by atoms with Crippen molar-refractivity contribution in [2.24, 2.45) is 5.92 Å². The lowest BCUT2D eigenvalue weighted by Crippen LogP contribution is -2.39. The number of ether oxygens (including phenoxy) is 1. The van der Waals surface area contributed by atoms with Crippen molar-refractivity contribution >= 4 is 24.0 Å². The molecule has 1 amide bonds. The summed E-state index contributed by atoms with van der Waals surface area (Å²) in [6.45, 7) is 1.93. The number of aromatic hydroxyl groups is 1. The molecule has 8 heteroatoms. The number of nitrogens with zero attached hydrogens (tertiary/aromatic N) is 1. The van der Waals surface area contributed by atoms with Gasteiger partial charge in [-0.15, -0.1) is 0 Å². The van der Waals surface area contributed by atoms with Gasteiger partial charge in [-0.3, -0.25) is 14.6 Å². The number of halogens is 1. The second-order valence-corrected chi connectivity index (χ2v) is 7.76. The van der Waals surface area contributed by atoms with Gasteiger partial charge >= 0.3 is 5.97 Å². The first-order valence-corrected chi connectivity index (χ1v) is 10.2. The monoisotopic (exact) mass is 444 g/mol. The zero-order chi connectivity index (χ0) is 22.7. The predicted octanol–water partition coefficient (Wildman–Crippen LogP) is 3.64. The molecule has 1 heterocycles. The van der Waals surface area contributed by atoms with E-state index < -0.39 is 11.6 Å². The van der Waals surface area contributed by atoms with Crippen molar-refractivity contribution in [1.29, 1.82) is 0 Å². The molecule has 1 aliphatic carbocycles. The minimum absolute atomic E-state index is 0.117. The number of carboxylic acid groups (broad SMARTS) is 1. The van der Waals surface area contributed by atoms with Crippen LogP contribution in [0.15, 0.2) is 42.7 Å². The van der Waals surface area contributed by atoms with E-state index in [1.165, 1.54) is 12.6 Å². The number of pyridine rings is 1. The molecule has 2 unspecified atom stereocenters. The Morgan fingerprint density at radius 3 is 2.71 bits per heavy atom. The molecular formula is C23H25ClN2O5. The maximum atomic E-state index is 9.54. The van der Waals surface area contributed by atoms with Crippen molar-refractivity contribution in [2.75, 3.05) is 6.54 Å². The lowest BCUT2D eigenvalue weighted by molar-refractivity contribution is -0.136. The van der Waals surface area contributed by atoms with Crippen molar-refractivity contribution in [3.8, 4) is 23.3 Å². The van der Waals surface area contributed by atoms with E-state index in [-0.39, 0.29) is 12.3 Å². The molecule has 3 N–H and O–H groups in total. The first-order valence-electron chi connectivity index (χ1n) is 9.82. The first-order chi connectivity index (χ1) is 14.8. The van der Waals surface area contributed by atoms with Gasteiger partial charge in [-0.1, -0.05) is 30.9 Å². The van der Waals surface area contributed by atoms with Crippen molar-refractivity contribution in [1.82, 2.24) is 10.3 Å². The van der Waals surface area contributed by atoms with Gasteiger partial charge in [0.1, 0.15) is 18.0 Å². The Morgan fingerprint density at radius 2 is 2.13 bits per heavy atom. The summed E-state index contributed by atoms with van der Waals surface area (Å²) in [5.74, 6) is 6.86. The van der Waals surface area contributed by atoms with Crippen LogP contribution in [0.2, 0.25) is 5.02 Å². The SMILES string of the molecule is CC1CCCC(C#Cc2cncc(O)c2)(Oc2ccc(Cl)cc2)C1.O=CNCC(=O)O. The summed E-state index contributed by atoms with van der Waals surface area (Å²) in [6, 6.07) is 9.01. The molecule has 3 rings (SSSR count). The average molecular weight is 445 g/mol. The van der Waals surface area contributed by atoms with Crippen LogP contribution in [-0.4, -0.2) is 39.7 Å². The molecule has 1 saturated carbocycles. The number of nitrogens with one attached hydrogen (secondary N) is 1. The summed E-state index contributed by atoms with van der Waals surface area (Å²) in [7, 11) is 0. The number of aromatic nitrogens is 1. The number of benzene rings is 1. The van der Waals surface area contributed by atoms with Gasteiger partial charge in [-0.05, 0) is 55.0 Å². The molecule has 7 nitrogen and oxygen atoms in total. The molecule has 0 saturated heterocycles. The molecular weight excluding hydrogens is 420 g/mol. The number of rotatable bonds is 5. The Labute approximate surface area is 186 Å². The molecule has 0 spiro atoms. The van der Waals surface area contributed by atoms with Crippen LogP contribution in [0.25, 0.3) is 0 Å². The molecule has 1 aliphatic rings. The summed E-state index contributed by atoms with van der Waals surface area (Å²) in [4.78, 5) is 22.8. The van der Waals surface area contributed by atoms with Crippen LogP contribution in [-0.2, 0) is 9.59 Å². The zero-order valence-corrected chi connectivity index (χ0v) is 17.9. The van der Waals surface area contributed by atoms with Crippen LogP contribution in [0.5, 0.6) is 11.5 Å². The molecule has 164 valence electrons. The fourth-order valence-corrected chi connectivity index (χ4v) is 3.40. The maximum Gasteiger partial charge on any atom is 0.322 e. The van der Waals surface area contributed by atoms with Crippen LogP contribution in [0.4, 0.5) is 0 Å². The second kappa shape index (κ2) is 11.8. The zero-order valence-electron chi connectivity index (χ0n) is 17.2. The third kappa shape index (κ3) is 8.57. The van der Waals surface area contributed by atoms with Crippen LogP contribution in [0.1, 0.15) is 38.2 Å². The van der Waals surface area contributed by atoms with Crippen molar-refractivity contribution in [3.63, 3.8) is 0 Å². The Bertz CT molecular complexity index is 939. The van der Waals surface area contributed by atoms with E-state index in [1.807, 2.05) is 29.6 Å². The van der Waals surface area contributed by atoms with E-state index >= 15 is 0 Å². The summed E-state index contributed by atoms with van der Waals surface area (Å²) in [5.41, 5.74) is 0.170. The van der Waals surface area contributed by atoms with E-state index in [2.05, 4.69) is 23.7 Å². The van der Waals surface area contributed by atoms with Gasteiger partial charge < -0.3 is 20.3 Å². The fourth-order valence-electron chi connectivity index (χ4n) is 3.27. The highest BCUT2D eigenvalue weighted by Gasteiger charge is 2.35. The average Bonchev–Trinajstić information content (AvgIpc) is 2.73. The van der Waals surface area contributed by atoms with Crippen LogP contribution in [0, 0.1) is 17.8 Å². The van der Waals surface area contributed by atoms with Gasteiger partial charge in [0.05, 0.1) is 6.20 Å². The molecule has 31 heavy (non-hydrogen) atoms. The first kappa shape index (κ1) is 24.0. The van der Waals surface area contributed by atoms with Crippen LogP contribution < -0.4 is 10.1 Å². The number of aliphatic carboxylic acids is 1. The smallest absolute Gasteiger partial charge is 0.322 e. The molecule has 0 radical (unpaired) electrons. The van der Waals surface area contributed by atoms with Gasteiger partial charge in [-0.25, -0.2) is 0 Å². The summed E-state index contributed by atoms with van der Waals surface area (Å²) in [6.07, 6.45) is 7.44. The topological polar surface area (TPSA) is 109 Å². The van der Waals surface area contributed by atoms with Gasteiger partial charge in [-0.2, -0.15) is 0 Å². The fraction of sp³-hybridized carbons (Fsp3) is 0.348. The summed E-state index contributed by atoms with van der Waals surface area (Å²) >= 11 is 5.95. The molecule has 0 bridgehead atoms. The lowest BCUT2D eigenvalue weighted by Gasteiger charge is -2.36. The minimum Gasteiger partial charge on any atom is -0.506 e. The highest BCUT2D eigenvalue weighted by Crippen LogP contribution is 2.36. The van der Waals surface area contributed by atoms with E-state index in [4.69, 9.17) is 21.4 Å². The molecule has 0 aliphatic heterocycles. The normalized spacial score (nSPS) is 19.6. The number of hydrogen-bond acceptors (Lipinski definition) is 5. The number of hydrogen-bond donors (Lipinski definition) is 3. The Kier molecular flexibility index (Phi) is 9.16. The quantitative estimate of drug-likeness (QED) is 0.480. The largest absolute Gasteiger partial charge is 0.506 e. The summed E-state index contributed by atoms with van der Waals surface area (Å²) in [5, 5.41) is 20.0. The van der Waals surface area contributed by atoms with Crippen LogP contribution in [0.3, 0.4) is 0 Å². The molecule has 1 fully saturated rings. The number of carboxylic acids is 1. The standard InChI is InChI=1S/C20H20ClNO2.C3H5NO3/c1-15-3-2-9-20(12-15,24-19-6-4-17(21)5-7-19)10-8-16-11-18(23)14-22-13-16;5-2-4-1-3(6)7/h4-7,11,13-15,23H,2-3,9,12H2,1H3;2H,1H2,(H,4,5)(H,6,7). The highest BCUT2D eigenvalue weighted by atomic mass is 35.5. The van der Waals surface area contributed by atoms with E-state index in [9.17, 15) is 14.7 Å².